The molecule has 0 saturated carbocycles. The van der Waals surface area contributed by atoms with Crippen LogP contribution < -0.4 is 5.32 Å². The number of phenolic OH excluding ortho intramolecular Hbond substituents is 1. The molecule has 0 bridgehead atoms. The number of phenols is 1. The first-order chi connectivity index (χ1) is 13.7. The van der Waals surface area contributed by atoms with Crippen molar-refractivity contribution >= 4 is 16.9 Å². The summed E-state index contributed by atoms with van der Waals surface area (Å²) in [6, 6.07) is 20.4. The number of carbonyl (C=O) groups is 1. The Bertz CT molecular complexity index is 1070. The zero-order chi connectivity index (χ0) is 19.3. The van der Waals surface area contributed by atoms with Crippen molar-refractivity contribution in [3.63, 3.8) is 0 Å². The van der Waals surface area contributed by atoms with Gasteiger partial charge in [-0.2, -0.15) is 5.10 Å². The largest absolute Gasteiger partial charge is 0.508 e. The number of carbonyl (C=O) groups excluding carboxylic acids is 1. The Morgan fingerprint density at radius 1 is 1.04 bits per heavy atom. The van der Waals surface area contributed by atoms with Gasteiger partial charge in [0.15, 0.2) is 5.65 Å². The second-order valence-corrected chi connectivity index (χ2v) is 6.63. The van der Waals surface area contributed by atoms with Crippen LogP contribution in [0.5, 0.6) is 5.75 Å². The summed E-state index contributed by atoms with van der Waals surface area (Å²) < 4.78 is 0. The zero-order valence-corrected chi connectivity index (χ0v) is 15.2. The minimum atomic E-state index is -0.335. The summed E-state index contributed by atoms with van der Waals surface area (Å²) in [5, 5.41) is 20.5. The van der Waals surface area contributed by atoms with Gasteiger partial charge in [-0.3, -0.25) is 9.89 Å². The van der Waals surface area contributed by atoms with E-state index in [9.17, 15) is 9.90 Å². The Kier molecular flexibility index (Phi) is 5.01. The number of aromatic nitrogens is 3. The van der Waals surface area contributed by atoms with Crippen molar-refractivity contribution in [3.05, 3.63) is 89.7 Å². The van der Waals surface area contributed by atoms with E-state index in [1.165, 1.54) is 0 Å². The molecule has 2 aromatic heterocycles. The van der Waals surface area contributed by atoms with Crippen LogP contribution in [0.4, 0.5) is 0 Å². The molecule has 6 heteroatoms. The third-order valence-corrected chi connectivity index (χ3v) is 4.74. The van der Waals surface area contributed by atoms with E-state index in [1.807, 2.05) is 54.6 Å². The molecule has 140 valence electrons. The van der Waals surface area contributed by atoms with E-state index in [0.29, 0.717) is 18.6 Å². The van der Waals surface area contributed by atoms with Gasteiger partial charge < -0.3 is 10.4 Å². The summed E-state index contributed by atoms with van der Waals surface area (Å²) in [4.78, 5) is 17.2. The molecule has 0 aliphatic rings. The molecule has 4 rings (SSSR count). The normalized spacial score (nSPS) is 12.0. The van der Waals surface area contributed by atoms with Gasteiger partial charge in [-0.1, -0.05) is 42.5 Å². The molecular weight excluding hydrogens is 352 g/mol. The molecule has 4 aromatic rings. The van der Waals surface area contributed by atoms with Crippen LogP contribution in [-0.4, -0.2) is 26.2 Å². The van der Waals surface area contributed by atoms with Crippen LogP contribution in [0.25, 0.3) is 11.0 Å². The summed E-state index contributed by atoms with van der Waals surface area (Å²) in [6.07, 6.45) is 2.23. The van der Waals surface area contributed by atoms with Gasteiger partial charge in [0.05, 0.1) is 18.2 Å². The maximum atomic E-state index is 13.0. The standard InChI is InChI=1S/C22H20N4O2/c27-17-10-8-15(9-11-17)13-19(16-5-2-1-3-6-16)22(28)24-14-20-18-7-4-12-23-21(18)26-25-20/h1-12,19,27H,13-14H2,(H,24,28)(H,23,25,26). The predicted molar refractivity (Wildman–Crippen MR) is 107 cm³/mol. The van der Waals surface area contributed by atoms with Crippen molar-refractivity contribution in [1.29, 1.82) is 0 Å². The number of benzene rings is 2. The molecule has 0 aliphatic heterocycles. The van der Waals surface area contributed by atoms with Crippen LogP contribution >= 0.6 is 0 Å². The molecule has 0 saturated heterocycles. The van der Waals surface area contributed by atoms with E-state index in [2.05, 4.69) is 20.5 Å². The lowest BCUT2D eigenvalue weighted by molar-refractivity contribution is -0.122. The van der Waals surface area contributed by atoms with Crippen molar-refractivity contribution in [1.82, 2.24) is 20.5 Å². The third-order valence-electron chi connectivity index (χ3n) is 4.74. The van der Waals surface area contributed by atoms with Crippen LogP contribution in [0.3, 0.4) is 0 Å². The molecule has 0 radical (unpaired) electrons. The average molecular weight is 372 g/mol. The fourth-order valence-electron chi connectivity index (χ4n) is 3.25. The number of hydrogen-bond donors (Lipinski definition) is 3. The highest BCUT2D eigenvalue weighted by Crippen LogP contribution is 2.23. The van der Waals surface area contributed by atoms with E-state index >= 15 is 0 Å². The molecule has 2 aromatic carbocycles. The van der Waals surface area contributed by atoms with Crippen LogP contribution in [-0.2, 0) is 17.8 Å². The first kappa shape index (κ1) is 17.7. The lowest BCUT2D eigenvalue weighted by Gasteiger charge is -2.17. The number of pyridine rings is 1. The molecule has 3 N–H and O–H groups in total. The van der Waals surface area contributed by atoms with Gasteiger partial charge in [-0.25, -0.2) is 4.98 Å². The SMILES string of the molecule is O=C(NCc1[nH]nc2ncccc12)C(Cc1ccc(O)cc1)c1ccccc1. The summed E-state index contributed by atoms with van der Waals surface area (Å²) in [7, 11) is 0. The van der Waals surface area contributed by atoms with Crippen LogP contribution in [0.1, 0.15) is 22.7 Å². The number of fused-ring (bicyclic) bond motifs is 1. The van der Waals surface area contributed by atoms with Gasteiger partial charge in [-0.05, 0) is 41.8 Å². The highest BCUT2D eigenvalue weighted by atomic mass is 16.3. The van der Waals surface area contributed by atoms with Gasteiger partial charge >= 0.3 is 0 Å². The molecular formula is C22H20N4O2. The lowest BCUT2D eigenvalue weighted by Crippen LogP contribution is -2.30. The number of H-pyrrole nitrogens is 1. The maximum absolute atomic E-state index is 13.0. The maximum Gasteiger partial charge on any atom is 0.228 e. The molecule has 6 nitrogen and oxygen atoms in total. The predicted octanol–water partition coefficient (Wildman–Crippen LogP) is 3.31. The van der Waals surface area contributed by atoms with Crippen LogP contribution in [0, 0.1) is 0 Å². The van der Waals surface area contributed by atoms with Crippen molar-refractivity contribution in [2.75, 3.05) is 0 Å². The molecule has 1 unspecified atom stereocenters. The number of nitrogens with one attached hydrogen (secondary N) is 2. The van der Waals surface area contributed by atoms with Crippen molar-refractivity contribution in [3.8, 4) is 5.75 Å². The molecule has 2 heterocycles. The Balaban J connectivity index is 1.53. The number of aromatic amines is 1. The molecule has 28 heavy (non-hydrogen) atoms. The number of aromatic hydroxyl groups is 1. The van der Waals surface area contributed by atoms with E-state index < -0.39 is 0 Å². The average Bonchev–Trinajstić information content (AvgIpc) is 3.15. The Labute approximate surface area is 162 Å². The van der Waals surface area contributed by atoms with Crippen molar-refractivity contribution in [2.24, 2.45) is 0 Å². The van der Waals surface area contributed by atoms with E-state index in [0.717, 1.165) is 22.2 Å². The Hall–Kier alpha value is -3.67. The monoisotopic (exact) mass is 372 g/mol. The highest BCUT2D eigenvalue weighted by molar-refractivity contribution is 5.84. The van der Waals surface area contributed by atoms with Crippen molar-refractivity contribution in [2.45, 2.75) is 18.9 Å². The van der Waals surface area contributed by atoms with Crippen LogP contribution in [0.2, 0.25) is 0 Å². The fourth-order valence-corrected chi connectivity index (χ4v) is 3.25. The minimum Gasteiger partial charge on any atom is -0.508 e. The molecule has 1 atom stereocenters. The topological polar surface area (TPSA) is 90.9 Å². The van der Waals surface area contributed by atoms with Gasteiger partial charge in [0.1, 0.15) is 5.75 Å². The molecule has 0 aliphatic carbocycles. The summed E-state index contributed by atoms with van der Waals surface area (Å²) >= 11 is 0. The summed E-state index contributed by atoms with van der Waals surface area (Å²) in [6.45, 7) is 0.347. The van der Waals surface area contributed by atoms with Gasteiger partial charge in [-0.15, -0.1) is 0 Å². The Morgan fingerprint density at radius 2 is 1.82 bits per heavy atom. The first-order valence-electron chi connectivity index (χ1n) is 9.09. The van der Waals surface area contributed by atoms with E-state index in [4.69, 9.17) is 0 Å². The minimum absolute atomic E-state index is 0.0640. The fraction of sp³-hybridized carbons (Fsp3) is 0.136. The number of nitrogens with zero attached hydrogens (tertiary/aromatic N) is 2. The lowest BCUT2D eigenvalue weighted by atomic mass is 9.91. The van der Waals surface area contributed by atoms with Gasteiger partial charge in [0, 0.05) is 11.6 Å². The van der Waals surface area contributed by atoms with Crippen molar-refractivity contribution < 1.29 is 9.90 Å². The second kappa shape index (κ2) is 7.92. The van der Waals surface area contributed by atoms with Gasteiger partial charge in [0.25, 0.3) is 0 Å². The quantitative estimate of drug-likeness (QED) is 0.484. The summed E-state index contributed by atoms with van der Waals surface area (Å²) in [5.74, 6) is -0.187. The molecule has 1 amide bonds. The van der Waals surface area contributed by atoms with E-state index in [1.54, 1.807) is 18.3 Å². The Morgan fingerprint density at radius 3 is 2.61 bits per heavy atom. The number of hydrogen-bond acceptors (Lipinski definition) is 4. The second-order valence-electron chi connectivity index (χ2n) is 6.63. The van der Waals surface area contributed by atoms with Gasteiger partial charge in [0.2, 0.25) is 5.91 Å². The highest BCUT2D eigenvalue weighted by Gasteiger charge is 2.21. The summed E-state index contributed by atoms with van der Waals surface area (Å²) in [5.41, 5.74) is 3.39. The first-order valence-corrected chi connectivity index (χ1v) is 9.09. The third kappa shape index (κ3) is 3.86. The number of rotatable bonds is 6. The van der Waals surface area contributed by atoms with Crippen LogP contribution in [0.15, 0.2) is 72.9 Å². The van der Waals surface area contributed by atoms with E-state index in [-0.39, 0.29) is 17.6 Å². The molecule has 0 spiro atoms. The molecule has 0 fully saturated rings. The smallest absolute Gasteiger partial charge is 0.228 e. The zero-order valence-electron chi connectivity index (χ0n) is 15.2. The number of amides is 1.